The molecule has 0 aliphatic heterocycles. The zero-order valence-electron chi connectivity index (χ0n) is 6.71. The largest absolute Gasteiger partial charge is 0.248 e. The van der Waals surface area contributed by atoms with E-state index in [4.69, 9.17) is 11.6 Å². The zero-order chi connectivity index (χ0) is 9.68. The summed E-state index contributed by atoms with van der Waals surface area (Å²) in [5.74, 6) is 0. The molecule has 0 heterocycles. The van der Waals surface area contributed by atoms with Gasteiger partial charge in [-0.1, -0.05) is 29.8 Å². The van der Waals surface area contributed by atoms with Crippen LogP contribution in [0.4, 0.5) is 4.39 Å². The third kappa shape index (κ3) is 2.38. The minimum atomic E-state index is -0.828. The number of hydrogen-bond donors (Lipinski definition) is 0. The maximum atomic E-state index is 12.4. The first-order valence-corrected chi connectivity index (χ1v) is 4.04. The van der Waals surface area contributed by atoms with Crippen LogP contribution in [0.25, 0.3) is 0 Å². The number of rotatable bonds is 3. The number of isocyanates is 1. The molecular weight excluding hydrogens is 193 g/mol. The molecule has 0 radical (unpaired) electrons. The molecule has 1 aromatic rings. The van der Waals surface area contributed by atoms with Crippen molar-refractivity contribution in [1.29, 1.82) is 0 Å². The van der Waals surface area contributed by atoms with Crippen molar-refractivity contribution in [2.45, 2.75) is 6.04 Å². The fraction of sp³-hybridized carbons (Fsp3) is 0.222. The fourth-order valence-electron chi connectivity index (χ4n) is 0.996. The Morgan fingerprint density at radius 2 is 2.23 bits per heavy atom. The van der Waals surface area contributed by atoms with E-state index in [1.54, 1.807) is 24.3 Å². The monoisotopic (exact) mass is 199 g/mol. The van der Waals surface area contributed by atoms with E-state index in [-0.39, 0.29) is 0 Å². The van der Waals surface area contributed by atoms with Gasteiger partial charge in [0.05, 0.1) is 0 Å². The lowest BCUT2D eigenvalue weighted by atomic mass is 10.1. The van der Waals surface area contributed by atoms with Crippen LogP contribution >= 0.6 is 11.6 Å². The zero-order valence-corrected chi connectivity index (χ0v) is 7.46. The van der Waals surface area contributed by atoms with Gasteiger partial charge in [0.1, 0.15) is 12.7 Å². The van der Waals surface area contributed by atoms with Gasteiger partial charge in [0.2, 0.25) is 6.08 Å². The summed E-state index contributed by atoms with van der Waals surface area (Å²) in [4.78, 5) is 13.3. The SMILES string of the molecule is O=C=NC(CF)c1ccccc1Cl. The normalized spacial score (nSPS) is 11.8. The first-order chi connectivity index (χ1) is 6.29. The number of carbonyl (C=O) groups excluding carboxylic acids is 1. The maximum Gasteiger partial charge on any atom is 0.235 e. The average Bonchev–Trinajstić information content (AvgIpc) is 2.16. The van der Waals surface area contributed by atoms with E-state index in [9.17, 15) is 9.18 Å². The molecule has 68 valence electrons. The Morgan fingerprint density at radius 1 is 1.54 bits per heavy atom. The van der Waals surface area contributed by atoms with Gasteiger partial charge in [-0.3, -0.25) is 0 Å². The van der Waals surface area contributed by atoms with Gasteiger partial charge in [-0.25, -0.2) is 9.18 Å². The van der Waals surface area contributed by atoms with Crippen molar-refractivity contribution in [1.82, 2.24) is 0 Å². The maximum absolute atomic E-state index is 12.4. The van der Waals surface area contributed by atoms with Crippen molar-refractivity contribution in [3.63, 3.8) is 0 Å². The number of aliphatic imine (C=N–C) groups is 1. The van der Waals surface area contributed by atoms with Crippen LogP contribution in [0, 0.1) is 0 Å². The number of halogens is 2. The van der Waals surface area contributed by atoms with Crippen LogP contribution in [0.5, 0.6) is 0 Å². The highest BCUT2D eigenvalue weighted by molar-refractivity contribution is 6.31. The molecule has 1 rings (SSSR count). The fourth-order valence-corrected chi connectivity index (χ4v) is 1.26. The summed E-state index contributed by atoms with van der Waals surface area (Å²) in [6, 6.07) is 5.87. The summed E-state index contributed by atoms with van der Waals surface area (Å²) in [5.41, 5.74) is 0.509. The molecule has 0 fully saturated rings. The van der Waals surface area contributed by atoms with E-state index >= 15 is 0 Å². The van der Waals surface area contributed by atoms with E-state index in [1.807, 2.05) is 0 Å². The second kappa shape index (κ2) is 4.75. The molecule has 0 amide bonds. The topological polar surface area (TPSA) is 29.4 Å². The lowest BCUT2D eigenvalue weighted by Gasteiger charge is -2.07. The molecule has 1 aromatic carbocycles. The molecular formula is C9H7ClFNO. The number of alkyl halides is 1. The average molecular weight is 200 g/mol. The minimum absolute atomic E-state index is 0.407. The number of benzene rings is 1. The predicted molar refractivity (Wildman–Crippen MR) is 48.3 cm³/mol. The van der Waals surface area contributed by atoms with Crippen LogP contribution in [0.15, 0.2) is 29.3 Å². The molecule has 0 N–H and O–H groups in total. The predicted octanol–water partition coefficient (Wildman–Crippen LogP) is 2.69. The Hall–Kier alpha value is -1.18. The van der Waals surface area contributed by atoms with Crippen LogP contribution in [-0.2, 0) is 4.79 Å². The minimum Gasteiger partial charge on any atom is -0.248 e. The van der Waals surface area contributed by atoms with Crippen LogP contribution in [0.3, 0.4) is 0 Å². The smallest absolute Gasteiger partial charge is 0.235 e. The highest BCUT2D eigenvalue weighted by atomic mass is 35.5. The van der Waals surface area contributed by atoms with E-state index in [0.717, 1.165) is 0 Å². The van der Waals surface area contributed by atoms with Gasteiger partial charge in [-0.05, 0) is 11.6 Å². The van der Waals surface area contributed by atoms with Crippen molar-refractivity contribution in [2.75, 3.05) is 6.67 Å². The Bertz CT molecular complexity index is 336. The van der Waals surface area contributed by atoms with Crippen LogP contribution in [-0.4, -0.2) is 12.8 Å². The lowest BCUT2D eigenvalue weighted by Crippen LogP contribution is -1.97. The quantitative estimate of drug-likeness (QED) is 0.544. The Morgan fingerprint density at radius 3 is 2.77 bits per heavy atom. The van der Waals surface area contributed by atoms with Gasteiger partial charge in [-0.15, -0.1) is 0 Å². The van der Waals surface area contributed by atoms with Crippen molar-refractivity contribution in [2.24, 2.45) is 4.99 Å². The highest BCUT2D eigenvalue weighted by Crippen LogP contribution is 2.25. The van der Waals surface area contributed by atoms with Crippen LogP contribution < -0.4 is 0 Å². The molecule has 0 saturated heterocycles. The molecule has 1 unspecified atom stereocenters. The van der Waals surface area contributed by atoms with Crippen molar-refractivity contribution < 1.29 is 9.18 Å². The first kappa shape index (κ1) is 9.90. The molecule has 13 heavy (non-hydrogen) atoms. The van der Waals surface area contributed by atoms with Gasteiger partial charge < -0.3 is 0 Å². The van der Waals surface area contributed by atoms with Gasteiger partial charge in [0.25, 0.3) is 0 Å². The van der Waals surface area contributed by atoms with E-state index < -0.39 is 12.7 Å². The molecule has 0 bridgehead atoms. The molecule has 0 aliphatic rings. The number of hydrogen-bond acceptors (Lipinski definition) is 2. The summed E-state index contributed by atoms with van der Waals surface area (Å²) in [6.07, 6.45) is 1.32. The molecule has 1 atom stereocenters. The molecule has 0 saturated carbocycles. The van der Waals surface area contributed by atoms with Crippen LogP contribution in [0.2, 0.25) is 5.02 Å². The summed E-state index contributed by atoms with van der Waals surface area (Å²) >= 11 is 5.78. The van der Waals surface area contributed by atoms with Crippen LogP contribution in [0.1, 0.15) is 11.6 Å². The highest BCUT2D eigenvalue weighted by Gasteiger charge is 2.12. The molecule has 4 heteroatoms. The van der Waals surface area contributed by atoms with E-state index in [0.29, 0.717) is 10.6 Å². The summed E-state index contributed by atoms with van der Waals surface area (Å²) in [7, 11) is 0. The van der Waals surface area contributed by atoms with Crippen molar-refractivity contribution in [3.05, 3.63) is 34.9 Å². The molecule has 0 aromatic heterocycles. The summed E-state index contributed by atoms with van der Waals surface area (Å²) in [6.45, 7) is -0.751. The second-order valence-corrected chi connectivity index (χ2v) is 2.82. The van der Waals surface area contributed by atoms with Gasteiger partial charge in [0, 0.05) is 5.02 Å². The van der Waals surface area contributed by atoms with Crippen molar-refractivity contribution in [3.8, 4) is 0 Å². The standard InChI is InChI=1S/C9H7ClFNO/c10-8-4-2-1-3-7(8)9(5-11)12-6-13/h1-4,9H,5H2. The summed E-state index contributed by atoms with van der Waals surface area (Å²) in [5, 5.41) is 0.407. The van der Waals surface area contributed by atoms with E-state index in [2.05, 4.69) is 4.99 Å². The van der Waals surface area contributed by atoms with Gasteiger partial charge in [-0.2, -0.15) is 4.99 Å². The Labute approximate surface area is 80.1 Å². The lowest BCUT2D eigenvalue weighted by molar-refractivity contribution is 0.436. The first-order valence-electron chi connectivity index (χ1n) is 3.67. The van der Waals surface area contributed by atoms with Gasteiger partial charge in [0.15, 0.2) is 0 Å². The Kier molecular flexibility index (Phi) is 3.62. The third-order valence-electron chi connectivity index (χ3n) is 1.62. The molecule has 2 nitrogen and oxygen atoms in total. The summed E-state index contributed by atoms with van der Waals surface area (Å²) < 4.78 is 12.4. The number of nitrogens with zero attached hydrogens (tertiary/aromatic N) is 1. The third-order valence-corrected chi connectivity index (χ3v) is 1.96. The molecule has 0 aliphatic carbocycles. The second-order valence-electron chi connectivity index (χ2n) is 2.41. The Balaban J connectivity index is 3.04. The molecule has 0 spiro atoms. The van der Waals surface area contributed by atoms with Gasteiger partial charge >= 0.3 is 0 Å². The van der Waals surface area contributed by atoms with Crippen molar-refractivity contribution >= 4 is 17.7 Å². The van der Waals surface area contributed by atoms with E-state index in [1.165, 1.54) is 6.08 Å².